The van der Waals surface area contributed by atoms with E-state index in [1.807, 2.05) is 36.4 Å². The van der Waals surface area contributed by atoms with Crippen molar-refractivity contribution in [3.8, 4) is 11.8 Å². The van der Waals surface area contributed by atoms with Crippen molar-refractivity contribution in [3.05, 3.63) is 66.4 Å². The molecule has 3 rings (SSSR count). The zero-order valence-electron chi connectivity index (χ0n) is 13.1. The van der Waals surface area contributed by atoms with E-state index in [1.165, 1.54) is 0 Å². The Morgan fingerprint density at radius 2 is 2.00 bits per heavy atom. The van der Waals surface area contributed by atoms with Crippen molar-refractivity contribution in [2.24, 2.45) is 0 Å². The molecule has 0 aliphatic rings. The van der Waals surface area contributed by atoms with Gasteiger partial charge in [0.2, 0.25) is 0 Å². The summed E-state index contributed by atoms with van der Waals surface area (Å²) >= 11 is 0. The maximum Gasteiger partial charge on any atom is 0.265 e. The molecule has 0 radical (unpaired) electrons. The van der Waals surface area contributed by atoms with Crippen LogP contribution in [0.5, 0.6) is 5.75 Å². The lowest BCUT2D eigenvalue weighted by atomic mass is 10.1. The highest BCUT2D eigenvalue weighted by atomic mass is 16.5. The van der Waals surface area contributed by atoms with Gasteiger partial charge in [0.25, 0.3) is 5.91 Å². The Morgan fingerprint density at radius 1 is 1.17 bits per heavy atom. The van der Waals surface area contributed by atoms with Gasteiger partial charge in [-0.3, -0.25) is 9.78 Å². The van der Waals surface area contributed by atoms with Gasteiger partial charge in [0.15, 0.2) is 6.10 Å². The van der Waals surface area contributed by atoms with Crippen LogP contribution in [0.1, 0.15) is 12.5 Å². The molecule has 118 valence electrons. The molecule has 1 unspecified atom stereocenters. The zero-order chi connectivity index (χ0) is 16.9. The number of benzene rings is 2. The lowest BCUT2D eigenvalue weighted by Gasteiger charge is -2.16. The van der Waals surface area contributed by atoms with E-state index in [9.17, 15) is 4.79 Å². The number of carbonyl (C=O) groups is 1. The number of fused-ring (bicyclic) bond motifs is 1. The Labute approximate surface area is 139 Å². The smallest absolute Gasteiger partial charge is 0.265 e. The molecule has 0 bridgehead atoms. The summed E-state index contributed by atoms with van der Waals surface area (Å²) in [6, 6.07) is 18.1. The van der Waals surface area contributed by atoms with Crippen molar-refractivity contribution in [2.45, 2.75) is 13.0 Å². The van der Waals surface area contributed by atoms with Crippen LogP contribution >= 0.6 is 0 Å². The first-order valence-corrected chi connectivity index (χ1v) is 7.49. The fourth-order valence-corrected chi connectivity index (χ4v) is 2.35. The normalized spacial score (nSPS) is 11.5. The number of hydrogen-bond acceptors (Lipinski definition) is 4. The fourth-order valence-electron chi connectivity index (χ4n) is 2.35. The molecule has 5 nitrogen and oxygen atoms in total. The molecule has 1 heterocycles. The summed E-state index contributed by atoms with van der Waals surface area (Å²) in [6.45, 7) is 1.65. The van der Waals surface area contributed by atoms with Gasteiger partial charge in [-0.1, -0.05) is 18.2 Å². The first-order chi connectivity index (χ1) is 11.7. The molecule has 0 saturated carbocycles. The topological polar surface area (TPSA) is 75.0 Å². The monoisotopic (exact) mass is 317 g/mol. The van der Waals surface area contributed by atoms with Gasteiger partial charge in [-0.05, 0) is 43.3 Å². The van der Waals surface area contributed by atoms with E-state index in [0.717, 1.165) is 10.9 Å². The highest BCUT2D eigenvalue weighted by molar-refractivity contribution is 6.02. The van der Waals surface area contributed by atoms with Crippen molar-refractivity contribution >= 4 is 22.5 Å². The number of amides is 1. The predicted molar refractivity (Wildman–Crippen MR) is 91.6 cm³/mol. The van der Waals surface area contributed by atoms with Crippen LogP contribution in [0.25, 0.3) is 10.9 Å². The Hall–Kier alpha value is -3.39. The van der Waals surface area contributed by atoms with Gasteiger partial charge < -0.3 is 10.1 Å². The third-order valence-electron chi connectivity index (χ3n) is 3.58. The Kier molecular flexibility index (Phi) is 4.39. The maximum atomic E-state index is 12.4. The number of aromatic nitrogens is 1. The lowest BCUT2D eigenvalue weighted by molar-refractivity contribution is -0.122. The molecule has 1 aromatic heterocycles. The second kappa shape index (κ2) is 6.80. The maximum absolute atomic E-state index is 12.4. The second-order valence-electron chi connectivity index (χ2n) is 5.23. The Bertz CT molecular complexity index is 926. The number of nitrogens with one attached hydrogen (secondary N) is 1. The SMILES string of the molecule is CC(Oc1ccccc1C#N)C(=O)Nc1cccc2ncccc12. The van der Waals surface area contributed by atoms with E-state index < -0.39 is 6.10 Å². The molecule has 0 aliphatic heterocycles. The lowest BCUT2D eigenvalue weighted by Crippen LogP contribution is -2.30. The van der Waals surface area contributed by atoms with Crippen LogP contribution in [0.3, 0.4) is 0 Å². The van der Waals surface area contributed by atoms with E-state index in [1.54, 1.807) is 37.4 Å². The largest absolute Gasteiger partial charge is 0.480 e. The van der Waals surface area contributed by atoms with Crippen molar-refractivity contribution in [1.82, 2.24) is 4.98 Å². The van der Waals surface area contributed by atoms with Crippen LogP contribution in [0.4, 0.5) is 5.69 Å². The Balaban J connectivity index is 1.78. The zero-order valence-corrected chi connectivity index (χ0v) is 13.1. The molecular weight excluding hydrogens is 302 g/mol. The number of para-hydroxylation sites is 1. The summed E-state index contributed by atoms with van der Waals surface area (Å²) in [7, 11) is 0. The molecule has 2 aromatic carbocycles. The third kappa shape index (κ3) is 3.18. The van der Waals surface area contributed by atoms with Gasteiger partial charge in [-0.15, -0.1) is 0 Å². The summed E-state index contributed by atoms with van der Waals surface area (Å²) in [4.78, 5) is 16.7. The molecular formula is C19H15N3O2. The number of hydrogen-bond donors (Lipinski definition) is 1. The first kappa shape index (κ1) is 15.5. The van der Waals surface area contributed by atoms with Crippen LogP contribution in [-0.2, 0) is 4.79 Å². The molecule has 3 aromatic rings. The number of nitriles is 1. The summed E-state index contributed by atoms with van der Waals surface area (Å²) in [5.41, 5.74) is 1.87. The number of anilines is 1. The molecule has 5 heteroatoms. The molecule has 1 N–H and O–H groups in total. The minimum absolute atomic E-state index is 0.293. The predicted octanol–water partition coefficient (Wildman–Crippen LogP) is 3.51. The molecule has 0 saturated heterocycles. The molecule has 1 amide bonds. The van der Waals surface area contributed by atoms with Gasteiger partial charge in [-0.2, -0.15) is 5.26 Å². The van der Waals surface area contributed by atoms with Crippen LogP contribution in [0, 0.1) is 11.3 Å². The van der Waals surface area contributed by atoms with Crippen molar-refractivity contribution < 1.29 is 9.53 Å². The van der Waals surface area contributed by atoms with E-state index in [0.29, 0.717) is 17.0 Å². The summed E-state index contributed by atoms with van der Waals surface area (Å²) in [5.74, 6) is 0.0985. The molecule has 1 atom stereocenters. The second-order valence-corrected chi connectivity index (χ2v) is 5.23. The molecule has 0 aliphatic carbocycles. The van der Waals surface area contributed by atoms with E-state index in [-0.39, 0.29) is 5.91 Å². The Morgan fingerprint density at radius 3 is 2.83 bits per heavy atom. The van der Waals surface area contributed by atoms with Crippen molar-refractivity contribution in [1.29, 1.82) is 5.26 Å². The minimum Gasteiger partial charge on any atom is -0.480 e. The fraction of sp³-hybridized carbons (Fsp3) is 0.105. The van der Waals surface area contributed by atoms with Gasteiger partial charge in [0.05, 0.1) is 16.8 Å². The minimum atomic E-state index is -0.744. The quantitative estimate of drug-likeness (QED) is 0.799. The number of rotatable bonds is 4. The van der Waals surface area contributed by atoms with Crippen LogP contribution < -0.4 is 10.1 Å². The molecule has 0 fully saturated rings. The van der Waals surface area contributed by atoms with Crippen LogP contribution in [0.15, 0.2) is 60.8 Å². The van der Waals surface area contributed by atoms with Crippen LogP contribution in [0.2, 0.25) is 0 Å². The van der Waals surface area contributed by atoms with E-state index >= 15 is 0 Å². The number of ether oxygens (including phenoxy) is 1. The van der Waals surface area contributed by atoms with Crippen molar-refractivity contribution in [3.63, 3.8) is 0 Å². The molecule has 24 heavy (non-hydrogen) atoms. The third-order valence-corrected chi connectivity index (χ3v) is 3.58. The first-order valence-electron chi connectivity index (χ1n) is 7.49. The summed E-state index contributed by atoms with van der Waals surface area (Å²) in [5, 5.41) is 12.8. The summed E-state index contributed by atoms with van der Waals surface area (Å²) in [6.07, 6.45) is 0.963. The van der Waals surface area contributed by atoms with E-state index in [4.69, 9.17) is 10.00 Å². The number of carbonyl (C=O) groups excluding carboxylic acids is 1. The number of nitrogens with zero attached hydrogens (tertiary/aromatic N) is 2. The van der Waals surface area contributed by atoms with Gasteiger partial charge in [-0.25, -0.2) is 0 Å². The average molecular weight is 317 g/mol. The van der Waals surface area contributed by atoms with Gasteiger partial charge in [0.1, 0.15) is 11.8 Å². The molecule has 0 spiro atoms. The van der Waals surface area contributed by atoms with Gasteiger partial charge >= 0.3 is 0 Å². The highest BCUT2D eigenvalue weighted by Gasteiger charge is 2.17. The highest BCUT2D eigenvalue weighted by Crippen LogP contribution is 2.22. The average Bonchev–Trinajstić information content (AvgIpc) is 2.62. The van der Waals surface area contributed by atoms with Gasteiger partial charge in [0, 0.05) is 11.6 Å². The summed E-state index contributed by atoms with van der Waals surface area (Å²) < 4.78 is 5.63. The van der Waals surface area contributed by atoms with E-state index in [2.05, 4.69) is 10.3 Å². The standard InChI is InChI=1S/C19H15N3O2/c1-13(24-18-10-3-2-6-14(18)12-20)19(23)22-17-9-4-8-16-15(17)7-5-11-21-16/h2-11,13H,1H3,(H,22,23). The van der Waals surface area contributed by atoms with Crippen LogP contribution in [-0.4, -0.2) is 17.0 Å². The number of pyridine rings is 1. The van der Waals surface area contributed by atoms with Crippen molar-refractivity contribution in [2.75, 3.05) is 5.32 Å².